The van der Waals surface area contributed by atoms with Gasteiger partial charge in [-0.05, 0) is 80.8 Å². The van der Waals surface area contributed by atoms with E-state index in [9.17, 15) is 9.90 Å². The van der Waals surface area contributed by atoms with Crippen LogP contribution in [0.4, 0.5) is 0 Å². The Kier molecular flexibility index (Phi) is 9.78. The van der Waals surface area contributed by atoms with Crippen LogP contribution < -0.4 is 10.5 Å². The molecule has 3 N–H and O–H groups in total. The molecule has 0 aromatic heterocycles. The molecule has 1 aliphatic rings. The summed E-state index contributed by atoms with van der Waals surface area (Å²) in [6, 6.07) is 21.4. The third-order valence-electron chi connectivity index (χ3n) is 7.95. The Bertz CT molecular complexity index is 1220. The predicted octanol–water partition coefficient (Wildman–Crippen LogP) is 6.11. The second kappa shape index (κ2) is 13.2. The first-order chi connectivity index (χ1) is 18.9. The van der Waals surface area contributed by atoms with Gasteiger partial charge in [-0.2, -0.15) is 0 Å². The molecule has 1 fully saturated rings. The van der Waals surface area contributed by atoms with Gasteiger partial charge in [0, 0.05) is 50.4 Å². The van der Waals surface area contributed by atoms with Gasteiger partial charge in [-0.1, -0.05) is 48.5 Å². The second-order valence-corrected chi connectivity index (χ2v) is 10.7. The number of hydrogen-bond donors (Lipinski definition) is 2. The fourth-order valence-corrected chi connectivity index (χ4v) is 5.70. The Morgan fingerprint density at radius 1 is 1.03 bits per heavy atom. The van der Waals surface area contributed by atoms with Gasteiger partial charge >= 0.3 is 0 Å². The van der Waals surface area contributed by atoms with E-state index in [0.29, 0.717) is 44.0 Å². The number of para-hydroxylation sites is 2. The van der Waals surface area contributed by atoms with Gasteiger partial charge in [0.2, 0.25) is 0 Å². The highest BCUT2D eigenvalue weighted by Gasteiger charge is 2.43. The first-order valence-electron chi connectivity index (χ1n) is 14.0. The summed E-state index contributed by atoms with van der Waals surface area (Å²) in [6.45, 7) is 6.31. The number of nitrogens with two attached hydrogens (primary N) is 1. The molecule has 3 aromatic rings. The van der Waals surface area contributed by atoms with Crippen LogP contribution in [0.15, 0.2) is 66.7 Å². The molecule has 0 bridgehead atoms. The SMILES string of the molecule is COCCCCC(O)(c1ccccc1Oc1c(C)cccc1C)C1CCCN(C(=O)c2ccc(CN)cc2)C1. The minimum atomic E-state index is -1.16. The van der Waals surface area contributed by atoms with Crippen molar-refractivity contribution in [1.82, 2.24) is 4.90 Å². The number of benzene rings is 3. The predicted molar refractivity (Wildman–Crippen MR) is 155 cm³/mol. The first kappa shape index (κ1) is 28.8. The number of methoxy groups -OCH3 is 1. The smallest absolute Gasteiger partial charge is 0.253 e. The standard InChI is InChI=1S/C33H42N2O4/c1-24-10-8-11-25(2)31(24)39-30-14-5-4-13-29(30)33(37,19-6-7-21-38-3)28-12-9-20-35(23-28)32(36)27-17-15-26(22-34)16-18-27/h4-5,8,10-11,13-18,28,37H,6-7,9,12,19-23,34H2,1-3H3. The molecule has 3 aromatic carbocycles. The summed E-state index contributed by atoms with van der Waals surface area (Å²) in [6.07, 6.45) is 3.86. The summed E-state index contributed by atoms with van der Waals surface area (Å²) in [5.74, 6) is 1.33. The largest absolute Gasteiger partial charge is 0.456 e. The molecule has 1 saturated heterocycles. The normalized spacial score (nSPS) is 17.1. The van der Waals surface area contributed by atoms with Crippen LogP contribution in [0.3, 0.4) is 0 Å². The molecule has 1 amide bonds. The minimum absolute atomic E-state index is 0.00919. The van der Waals surface area contributed by atoms with Crippen LogP contribution in [-0.4, -0.2) is 42.7 Å². The average molecular weight is 531 g/mol. The summed E-state index contributed by atoms with van der Waals surface area (Å²) in [4.78, 5) is 15.4. The fourth-order valence-electron chi connectivity index (χ4n) is 5.70. The molecule has 1 aliphatic heterocycles. The summed E-state index contributed by atoms with van der Waals surface area (Å²) in [7, 11) is 1.70. The van der Waals surface area contributed by atoms with Crippen LogP contribution in [0, 0.1) is 19.8 Å². The molecule has 4 rings (SSSR count). The van der Waals surface area contributed by atoms with Crippen LogP contribution >= 0.6 is 0 Å². The Hall–Kier alpha value is -3.19. The number of unbranched alkanes of at least 4 members (excludes halogenated alkanes) is 1. The van der Waals surface area contributed by atoms with Crippen LogP contribution in [0.1, 0.15) is 64.7 Å². The molecule has 0 saturated carbocycles. The number of amides is 1. The number of likely N-dealkylation sites (tertiary alicyclic amines) is 1. The second-order valence-electron chi connectivity index (χ2n) is 10.7. The fraction of sp³-hybridized carbons (Fsp3) is 0.424. The van der Waals surface area contributed by atoms with Crippen molar-refractivity contribution in [1.29, 1.82) is 0 Å². The highest BCUT2D eigenvalue weighted by Crippen LogP contribution is 2.45. The van der Waals surface area contributed by atoms with Gasteiger partial charge in [-0.3, -0.25) is 4.79 Å². The maximum Gasteiger partial charge on any atom is 0.253 e. The number of carbonyl (C=O) groups is 1. The van der Waals surface area contributed by atoms with E-state index in [1.54, 1.807) is 7.11 Å². The Labute approximate surface area is 232 Å². The Morgan fingerprint density at radius 2 is 1.74 bits per heavy atom. The molecule has 39 heavy (non-hydrogen) atoms. The first-order valence-corrected chi connectivity index (χ1v) is 14.0. The topological polar surface area (TPSA) is 85.0 Å². The summed E-state index contributed by atoms with van der Waals surface area (Å²) in [5, 5.41) is 12.6. The van der Waals surface area contributed by atoms with Gasteiger partial charge in [0.25, 0.3) is 5.91 Å². The Morgan fingerprint density at radius 3 is 2.44 bits per heavy atom. The molecule has 1 heterocycles. The average Bonchev–Trinajstić information content (AvgIpc) is 2.97. The molecular weight excluding hydrogens is 488 g/mol. The lowest BCUT2D eigenvalue weighted by molar-refractivity contribution is -0.0589. The van der Waals surface area contributed by atoms with Crippen molar-refractivity contribution < 1.29 is 19.4 Å². The van der Waals surface area contributed by atoms with E-state index >= 15 is 0 Å². The highest BCUT2D eigenvalue weighted by atomic mass is 16.5. The van der Waals surface area contributed by atoms with Crippen molar-refractivity contribution in [3.63, 3.8) is 0 Å². The van der Waals surface area contributed by atoms with Crippen molar-refractivity contribution in [2.24, 2.45) is 11.7 Å². The van der Waals surface area contributed by atoms with Gasteiger partial charge in [0.1, 0.15) is 11.5 Å². The summed E-state index contributed by atoms with van der Waals surface area (Å²) >= 11 is 0. The minimum Gasteiger partial charge on any atom is -0.456 e. The lowest BCUT2D eigenvalue weighted by Gasteiger charge is -2.43. The molecular formula is C33H42N2O4. The molecule has 0 radical (unpaired) electrons. The van der Waals surface area contributed by atoms with Crippen molar-refractivity contribution in [3.05, 3.63) is 94.5 Å². The van der Waals surface area contributed by atoms with Crippen molar-refractivity contribution in [3.8, 4) is 11.5 Å². The van der Waals surface area contributed by atoms with Crippen molar-refractivity contribution in [2.45, 2.75) is 58.1 Å². The van der Waals surface area contributed by atoms with Crippen molar-refractivity contribution >= 4 is 5.91 Å². The summed E-state index contributed by atoms with van der Waals surface area (Å²) < 4.78 is 11.8. The molecule has 0 aliphatic carbocycles. The lowest BCUT2D eigenvalue weighted by atomic mass is 9.73. The highest BCUT2D eigenvalue weighted by molar-refractivity contribution is 5.94. The number of piperidine rings is 1. The third-order valence-corrected chi connectivity index (χ3v) is 7.95. The summed E-state index contributed by atoms with van der Waals surface area (Å²) in [5.41, 5.74) is 9.08. The van der Waals surface area contributed by atoms with Crippen LogP contribution in [0.2, 0.25) is 0 Å². The zero-order valence-electron chi connectivity index (χ0n) is 23.5. The number of hydrogen-bond acceptors (Lipinski definition) is 5. The maximum absolute atomic E-state index is 13.5. The van der Waals surface area contributed by atoms with Gasteiger partial charge in [-0.15, -0.1) is 0 Å². The monoisotopic (exact) mass is 530 g/mol. The molecule has 2 unspecified atom stereocenters. The van der Waals surface area contributed by atoms with E-state index in [-0.39, 0.29) is 11.8 Å². The van der Waals surface area contributed by atoms with E-state index in [0.717, 1.165) is 53.7 Å². The van der Waals surface area contributed by atoms with E-state index in [1.807, 2.05) is 85.5 Å². The number of nitrogens with zero attached hydrogens (tertiary/aromatic N) is 1. The van der Waals surface area contributed by atoms with E-state index < -0.39 is 5.60 Å². The maximum atomic E-state index is 13.5. The Balaban J connectivity index is 1.65. The van der Waals surface area contributed by atoms with Gasteiger partial charge in [0.15, 0.2) is 0 Å². The van der Waals surface area contributed by atoms with Crippen LogP contribution in [-0.2, 0) is 16.9 Å². The molecule has 0 spiro atoms. The molecule has 6 heteroatoms. The van der Waals surface area contributed by atoms with Gasteiger partial charge < -0.3 is 25.2 Å². The quantitative estimate of drug-likeness (QED) is 0.292. The number of ether oxygens (including phenoxy) is 2. The van der Waals surface area contributed by atoms with Crippen molar-refractivity contribution in [2.75, 3.05) is 26.8 Å². The number of carbonyl (C=O) groups excluding carboxylic acids is 1. The number of aliphatic hydroxyl groups is 1. The van der Waals surface area contributed by atoms with E-state index in [2.05, 4.69) is 0 Å². The molecule has 6 nitrogen and oxygen atoms in total. The van der Waals surface area contributed by atoms with Gasteiger partial charge in [0.05, 0.1) is 5.60 Å². The molecule has 208 valence electrons. The van der Waals surface area contributed by atoms with E-state index in [1.165, 1.54) is 0 Å². The van der Waals surface area contributed by atoms with Crippen LogP contribution in [0.5, 0.6) is 11.5 Å². The van der Waals surface area contributed by atoms with Gasteiger partial charge in [-0.25, -0.2) is 0 Å². The molecule has 2 atom stereocenters. The van der Waals surface area contributed by atoms with E-state index in [4.69, 9.17) is 15.2 Å². The van der Waals surface area contributed by atoms with Crippen LogP contribution in [0.25, 0.3) is 0 Å². The zero-order chi connectivity index (χ0) is 27.8. The zero-order valence-corrected chi connectivity index (χ0v) is 23.5. The lowest BCUT2D eigenvalue weighted by Crippen LogP contribution is -2.48. The number of aryl methyl sites for hydroxylation is 2. The number of rotatable bonds is 11. The third kappa shape index (κ3) is 6.70.